The van der Waals surface area contributed by atoms with Gasteiger partial charge in [-0.05, 0) is 52.2 Å². The minimum atomic E-state index is -0.287. The van der Waals surface area contributed by atoms with Crippen LogP contribution in [0.5, 0.6) is 0 Å². The molecule has 0 bridgehead atoms. The van der Waals surface area contributed by atoms with Crippen molar-refractivity contribution in [2.45, 2.75) is 13.0 Å². The number of hydrogen-bond donors (Lipinski definition) is 1. The van der Waals surface area contributed by atoms with E-state index in [1.54, 1.807) is 0 Å². The summed E-state index contributed by atoms with van der Waals surface area (Å²) in [7, 11) is 0. The van der Waals surface area contributed by atoms with Crippen LogP contribution in [0.3, 0.4) is 0 Å². The lowest BCUT2D eigenvalue weighted by molar-refractivity contribution is 0.469. The van der Waals surface area contributed by atoms with Gasteiger partial charge in [0, 0.05) is 5.02 Å². The second-order valence-electron chi connectivity index (χ2n) is 3.57. The summed E-state index contributed by atoms with van der Waals surface area (Å²) in [4.78, 5) is 0. The van der Waals surface area contributed by atoms with E-state index in [0.29, 0.717) is 4.67 Å². The van der Waals surface area contributed by atoms with Gasteiger partial charge >= 0.3 is 0 Å². The molecule has 2 N–H and O–H groups in total. The highest BCUT2D eigenvalue weighted by atomic mass is 79.9. The highest BCUT2D eigenvalue weighted by Crippen LogP contribution is 2.29. The van der Waals surface area contributed by atoms with Crippen LogP contribution in [0.4, 0.5) is 0 Å². The van der Waals surface area contributed by atoms with E-state index in [0.717, 1.165) is 21.9 Å². The number of furan rings is 1. The van der Waals surface area contributed by atoms with Crippen molar-refractivity contribution >= 4 is 27.5 Å². The average molecular weight is 301 g/mol. The van der Waals surface area contributed by atoms with Gasteiger partial charge < -0.3 is 10.2 Å². The maximum Gasteiger partial charge on any atom is 0.169 e. The van der Waals surface area contributed by atoms with Crippen LogP contribution in [0.25, 0.3) is 0 Å². The van der Waals surface area contributed by atoms with Crippen molar-refractivity contribution in [3.63, 3.8) is 0 Å². The molecule has 0 aliphatic rings. The number of halogens is 2. The largest absolute Gasteiger partial charge is 0.452 e. The summed E-state index contributed by atoms with van der Waals surface area (Å²) in [5.41, 5.74) is 8.10. The van der Waals surface area contributed by atoms with Crippen LogP contribution in [0.15, 0.2) is 39.4 Å². The maximum absolute atomic E-state index is 6.13. The van der Waals surface area contributed by atoms with Crippen LogP contribution >= 0.6 is 27.5 Å². The van der Waals surface area contributed by atoms with Crippen molar-refractivity contribution in [2.75, 3.05) is 0 Å². The molecule has 0 aliphatic heterocycles. The SMILES string of the molecule is Cc1c(Cl)cccc1C(N)c1ccc(Br)o1. The monoisotopic (exact) mass is 299 g/mol. The molecule has 0 saturated carbocycles. The van der Waals surface area contributed by atoms with Crippen molar-refractivity contribution in [3.05, 3.63) is 56.9 Å². The van der Waals surface area contributed by atoms with E-state index in [4.69, 9.17) is 21.8 Å². The molecule has 1 atom stereocenters. The Morgan fingerprint density at radius 2 is 2.06 bits per heavy atom. The molecule has 4 heteroatoms. The Kier molecular flexibility index (Phi) is 3.38. The Labute approximate surface area is 108 Å². The van der Waals surface area contributed by atoms with Crippen LogP contribution in [0, 0.1) is 6.92 Å². The molecule has 0 radical (unpaired) electrons. The smallest absolute Gasteiger partial charge is 0.169 e. The van der Waals surface area contributed by atoms with Gasteiger partial charge in [0.1, 0.15) is 5.76 Å². The standard InChI is InChI=1S/C12H11BrClNO/c1-7-8(3-2-4-9(7)14)12(15)10-5-6-11(13)16-10/h2-6,12H,15H2,1H3. The Morgan fingerprint density at radius 1 is 1.31 bits per heavy atom. The molecule has 1 aromatic heterocycles. The molecule has 0 spiro atoms. The van der Waals surface area contributed by atoms with Gasteiger partial charge in [-0.15, -0.1) is 0 Å². The minimum absolute atomic E-state index is 0.287. The van der Waals surface area contributed by atoms with Gasteiger partial charge in [0.25, 0.3) is 0 Å². The number of hydrogen-bond acceptors (Lipinski definition) is 2. The fourth-order valence-corrected chi connectivity index (χ4v) is 2.11. The fourth-order valence-electron chi connectivity index (χ4n) is 1.61. The Balaban J connectivity index is 2.41. The van der Waals surface area contributed by atoms with Gasteiger partial charge in [0.15, 0.2) is 4.67 Å². The molecule has 16 heavy (non-hydrogen) atoms. The van der Waals surface area contributed by atoms with Crippen LogP contribution in [0.2, 0.25) is 5.02 Å². The fraction of sp³-hybridized carbons (Fsp3) is 0.167. The van der Waals surface area contributed by atoms with Crippen molar-refractivity contribution < 1.29 is 4.42 Å². The second kappa shape index (κ2) is 4.62. The number of benzene rings is 1. The lowest BCUT2D eigenvalue weighted by Gasteiger charge is -2.13. The molecule has 0 aliphatic carbocycles. The van der Waals surface area contributed by atoms with Gasteiger partial charge in [-0.1, -0.05) is 23.7 Å². The molecule has 2 aromatic rings. The molecule has 0 fully saturated rings. The molecular weight excluding hydrogens is 289 g/mol. The van der Waals surface area contributed by atoms with Crippen LogP contribution < -0.4 is 5.73 Å². The minimum Gasteiger partial charge on any atom is -0.452 e. The van der Waals surface area contributed by atoms with Gasteiger partial charge in [0.2, 0.25) is 0 Å². The Hall–Kier alpha value is -0.770. The topological polar surface area (TPSA) is 39.2 Å². The number of rotatable bonds is 2. The van der Waals surface area contributed by atoms with E-state index in [2.05, 4.69) is 15.9 Å². The lowest BCUT2D eigenvalue weighted by atomic mass is 10.0. The molecule has 0 amide bonds. The van der Waals surface area contributed by atoms with Crippen molar-refractivity contribution in [1.82, 2.24) is 0 Å². The summed E-state index contributed by atoms with van der Waals surface area (Å²) >= 11 is 9.31. The van der Waals surface area contributed by atoms with Gasteiger partial charge in [-0.25, -0.2) is 0 Å². The summed E-state index contributed by atoms with van der Waals surface area (Å²) in [6, 6.07) is 9.10. The third-order valence-corrected chi connectivity index (χ3v) is 3.38. The first-order valence-corrected chi connectivity index (χ1v) is 6.02. The predicted molar refractivity (Wildman–Crippen MR) is 68.6 cm³/mol. The molecular formula is C12H11BrClNO. The zero-order chi connectivity index (χ0) is 11.7. The van der Waals surface area contributed by atoms with Crippen LogP contribution in [-0.4, -0.2) is 0 Å². The molecule has 1 unspecified atom stereocenters. The summed E-state index contributed by atoms with van der Waals surface area (Å²) in [6.45, 7) is 1.95. The molecule has 1 aromatic carbocycles. The number of nitrogens with two attached hydrogens (primary N) is 1. The zero-order valence-electron chi connectivity index (χ0n) is 8.71. The van der Waals surface area contributed by atoms with E-state index in [-0.39, 0.29) is 6.04 Å². The first kappa shape index (κ1) is 11.7. The quantitative estimate of drug-likeness (QED) is 0.908. The van der Waals surface area contributed by atoms with E-state index >= 15 is 0 Å². The van der Waals surface area contributed by atoms with Crippen LogP contribution in [0.1, 0.15) is 22.9 Å². The first-order chi connectivity index (χ1) is 7.59. The third kappa shape index (κ3) is 2.17. The summed E-state index contributed by atoms with van der Waals surface area (Å²) in [5.74, 6) is 0.720. The summed E-state index contributed by atoms with van der Waals surface area (Å²) < 4.78 is 6.12. The van der Waals surface area contributed by atoms with Crippen LogP contribution in [-0.2, 0) is 0 Å². The second-order valence-corrected chi connectivity index (χ2v) is 4.76. The van der Waals surface area contributed by atoms with E-state index in [1.807, 2.05) is 37.3 Å². The van der Waals surface area contributed by atoms with Crippen molar-refractivity contribution in [2.24, 2.45) is 5.73 Å². The highest BCUT2D eigenvalue weighted by molar-refractivity contribution is 9.10. The van der Waals surface area contributed by atoms with Gasteiger partial charge in [-0.2, -0.15) is 0 Å². The summed E-state index contributed by atoms with van der Waals surface area (Å²) in [5, 5.41) is 0.721. The van der Waals surface area contributed by atoms with E-state index in [1.165, 1.54) is 0 Å². The Morgan fingerprint density at radius 3 is 2.69 bits per heavy atom. The molecule has 2 nitrogen and oxygen atoms in total. The van der Waals surface area contributed by atoms with E-state index in [9.17, 15) is 0 Å². The van der Waals surface area contributed by atoms with Crippen molar-refractivity contribution in [3.8, 4) is 0 Å². The van der Waals surface area contributed by atoms with Gasteiger partial charge in [-0.3, -0.25) is 0 Å². The Bertz CT molecular complexity index is 509. The first-order valence-electron chi connectivity index (χ1n) is 4.85. The summed E-state index contributed by atoms with van der Waals surface area (Å²) in [6.07, 6.45) is 0. The molecule has 84 valence electrons. The maximum atomic E-state index is 6.13. The molecule has 1 heterocycles. The third-order valence-electron chi connectivity index (χ3n) is 2.55. The highest BCUT2D eigenvalue weighted by Gasteiger charge is 2.15. The van der Waals surface area contributed by atoms with Crippen molar-refractivity contribution in [1.29, 1.82) is 0 Å². The lowest BCUT2D eigenvalue weighted by Crippen LogP contribution is -2.12. The van der Waals surface area contributed by atoms with E-state index < -0.39 is 0 Å². The molecule has 2 rings (SSSR count). The zero-order valence-corrected chi connectivity index (χ0v) is 11.0. The molecule has 0 saturated heterocycles. The average Bonchev–Trinajstić information content (AvgIpc) is 2.68. The van der Waals surface area contributed by atoms with Gasteiger partial charge in [0.05, 0.1) is 6.04 Å². The normalized spacial score (nSPS) is 12.8. The predicted octanol–water partition coefficient (Wildman–Crippen LogP) is 4.05.